The lowest BCUT2D eigenvalue weighted by atomic mass is 10.1. The van der Waals surface area contributed by atoms with Gasteiger partial charge in [-0.2, -0.15) is 0 Å². The lowest BCUT2D eigenvalue weighted by molar-refractivity contribution is 0.340. The lowest BCUT2D eigenvalue weighted by Crippen LogP contribution is -2.34. The first-order chi connectivity index (χ1) is 14.0. The summed E-state index contributed by atoms with van der Waals surface area (Å²) in [4.78, 5) is 1.97. The molecule has 0 aliphatic rings. The van der Waals surface area contributed by atoms with Crippen LogP contribution in [0.25, 0.3) is 0 Å². The predicted molar refractivity (Wildman–Crippen MR) is 124 cm³/mol. The number of nitrogens with one attached hydrogen (secondary N) is 1. The number of aryl methyl sites for hydroxylation is 2. The number of thiocarbonyl (C=S) groups is 1. The maximum Gasteiger partial charge on any atom is 0.178 e. The van der Waals surface area contributed by atoms with Gasteiger partial charge in [-0.05, 0) is 86.6 Å². The zero-order chi connectivity index (χ0) is 20.8. The molecule has 5 heteroatoms. The SMILES string of the molecule is CCOc1ccc(N(Cc2ccccc2O)C(=S)Nc2ccc(C)c(C)c2)cc1. The average molecular weight is 407 g/mol. The molecule has 0 heterocycles. The van der Waals surface area contributed by atoms with Crippen molar-refractivity contribution in [3.63, 3.8) is 0 Å². The molecule has 0 amide bonds. The number of phenolic OH excluding ortho intramolecular Hbond substituents is 1. The van der Waals surface area contributed by atoms with Crippen molar-refractivity contribution < 1.29 is 9.84 Å². The summed E-state index contributed by atoms with van der Waals surface area (Å²) < 4.78 is 5.55. The maximum absolute atomic E-state index is 10.2. The van der Waals surface area contributed by atoms with Crippen molar-refractivity contribution in [2.45, 2.75) is 27.3 Å². The number of benzene rings is 3. The molecule has 3 aromatic carbocycles. The van der Waals surface area contributed by atoms with E-state index in [0.29, 0.717) is 18.3 Å². The summed E-state index contributed by atoms with van der Waals surface area (Å²) in [5, 5.41) is 14.1. The van der Waals surface area contributed by atoms with Gasteiger partial charge in [-0.25, -0.2) is 0 Å². The van der Waals surface area contributed by atoms with Crippen LogP contribution in [0.4, 0.5) is 11.4 Å². The Hall–Kier alpha value is -3.05. The summed E-state index contributed by atoms with van der Waals surface area (Å²) in [7, 11) is 0. The average Bonchev–Trinajstić information content (AvgIpc) is 2.71. The maximum atomic E-state index is 10.2. The van der Waals surface area contributed by atoms with Crippen molar-refractivity contribution in [2.24, 2.45) is 0 Å². The second-order valence-corrected chi connectivity index (χ2v) is 7.26. The van der Waals surface area contributed by atoms with Crippen LogP contribution < -0.4 is 15.0 Å². The number of aromatic hydroxyl groups is 1. The molecule has 0 radical (unpaired) electrons. The van der Waals surface area contributed by atoms with Crippen LogP contribution in [-0.4, -0.2) is 16.8 Å². The first-order valence-corrected chi connectivity index (χ1v) is 10.0. The smallest absolute Gasteiger partial charge is 0.178 e. The number of hydrogen-bond donors (Lipinski definition) is 2. The van der Waals surface area contributed by atoms with E-state index in [4.69, 9.17) is 17.0 Å². The van der Waals surface area contributed by atoms with E-state index in [-0.39, 0.29) is 5.75 Å². The molecule has 0 unspecified atom stereocenters. The lowest BCUT2D eigenvalue weighted by Gasteiger charge is -2.27. The fourth-order valence-corrected chi connectivity index (χ4v) is 3.28. The van der Waals surface area contributed by atoms with Gasteiger partial charge in [0.2, 0.25) is 0 Å². The van der Waals surface area contributed by atoms with E-state index in [0.717, 1.165) is 22.7 Å². The van der Waals surface area contributed by atoms with E-state index in [2.05, 4.69) is 31.3 Å². The molecule has 4 nitrogen and oxygen atoms in total. The second-order valence-electron chi connectivity index (χ2n) is 6.87. The number of ether oxygens (including phenoxy) is 1. The third kappa shape index (κ3) is 5.27. The van der Waals surface area contributed by atoms with Crippen LogP contribution in [0, 0.1) is 13.8 Å². The minimum absolute atomic E-state index is 0.248. The van der Waals surface area contributed by atoms with Gasteiger partial charge >= 0.3 is 0 Å². The predicted octanol–water partition coefficient (Wildman–Crippen LogP) is 5.81. The Bertz CT molecular complexity index is 986. The molecule has 3 rings (SSSR count). The summed E-state index contributed by atoms with van der Waals surface area (Å²) in [5.74, 6) is 1.06. The topological polar surface area (TPSA) is 44.7 Å². The molecule has 0 aliphatic carbocycles. The molecular weight excluding hydrogens is 380 g/mol. The van der Waals surface area contributed by atoms with Crippen molar-refractivity contribution in [1.82, 2.24) is 0 Å². The Kier molecular flexibility index (Phi) is 6.73. The fraction of sp³-hybridized carbons (Fsp3) is 0.208. The molecule has 3 aromatic rings. The van der Waals surface area contributed by atoms with Gasteiger partial charge < -0.3 is 20.1 Å². The van der Waals surface area contributed by atoms with Gasteiger partial charge in [0, 0.05) is 16.9 Å². The highest BCUT2D eigenvalue weighted by Gasteiger charge is 2.15. The van der Waals surface area contributed by atoms with E-state index < -0.39 is 0 Å². The summed E-state index contributed by atoms with van der Waals surface area (Å²) in [6, 6.07) is 21.3. The number of phenols is 1. The van der Waals surface area contributed by atoms with Gasteiger partial charge in [0.1, 0.15) is 11.5 Å². The van der Waals surface area contributed by atoms with Gasteiger partial charge in [-0.3, -0.25) is 0 Å². The zero-order valence-corrected chi connectivity index (χ0v) is 17.8. The van der Waals surface area contributed by atoms with Gasteiger partial charge in [0.05, 0.1) is 13.2 Å². The van der Waals surface area contributed by atoms with Gasteiger partial charge in [0.25, 0.3) is 0 Å². The minimum atomic E-state index is 0.248. The molecule has 0 bridgehead atoms. The Balaban J connectivity index is 1.89. The Morgan fingerprint density at radius 1 is 1.00 bits per heavy atom. The Morgan fingerprint density at radius 3 is 2.38 bits per heavy atom. The Labute approximate surface area is 177 Å². The molecular formula is C24H26N2O2S. The van der Waals surface area contributed by atoms with E-state index in [1.807, 2.05) is 60.4 Å². The molecule has 2 N–H and O–H groups in total. The highest BCUT2D eigenvalue weighted by Crippen LogP contribution is 2.26. The highest BCUT2D eigenvalue weighted by molar-refractivity contribution is 7.80. The molecule has 29 heavy (non-hydrogen) atoms. The molecule has 150 valence electrons. The zero-order valence-electron chi connectivity index (χ0n) is 17.0. The molecule has 0 spiro atoms. The minimum Gasteiger partial charge on any atom is -0.508 e. The molecule has 0 fully saturated rings. The highest BCUT2D eigenvalue weighted by atomic mass is 32.1. The van der Waals surface area contributed by atoms with Crippen LogP contribution in [0.2, 0.25) is 0 Å². The van der Waals surface area contributed by atoms with Gasteiger partial charge in [0.15, 0.2) is 5.11 Å². The number of nitrogens with zero attached hydrogens (tertiary/aromatic N) is 1. The van der Waals surface area contributed by atoms with Crippen molar-refractivity contribution in [2.75, 3.05) is 16.8 Å². The third-order valence-corrected chi connectivity index (χ3v) is 5.11. The van der Waals surface area contributed by atoms with Crippen LogP contribution in [0.15, 0.2) is 66.7 Å². The quantitative estimate of drug-likeness (QED) is 0.506. The van der Waals surface area contributed by atoms with Crippen LogP contribution >= 0.6 is 12.2 Å². The normalized spacial score (nSPS) is 10.4. The van der Waals surface area contributed by atoms with Crippen molar-refractivity contribution in [3.8, 4) is 11.5 Å². The van der Waals surface area contributed by atoms with Crippen LogP contribution in [0.5, 0.6) is 11.5 Å². The fourth-order valence-electron chi connectivity index (χ4n) is 2.99. The van der Waals surface area contributed by atoms with Crippen molar-refractivity contribution in [3.05, 3.63) is 83.4 Å². The number of anilines is 2. The third-order valence-electron chi connectivity index (χ3n) is 4.78. The molecule has 0 saturated heterocycles. The molecule has 0 atom stereocenters. The molecule has 0 aromatic heterocycles. The van der Waals surface area contributed by atoms with Crippen molar-refractivity contribution in [1.29, 1.82) is 0 Å². The summed E-state index contributed by atoms with van der Waals surface area (Å²) in [5.41, 5.74) is 5.08. The van der Waals surface area contributed by atoms with Crippen LogP contribution in [0.3, 0.4) is 0 Å². The van der Waals surface area contributed by atoms with Crippen LogP contribution in [0.1, 0.15) is 23.6 Å². The van der Waals surface area contributed by atoms with Gasteiger partial charge in [-0.15, -0.1) is 0 Å². The second kappa shape index (κ2) is 9.43. The standard InChI is InChI=1S/C24H26N2O2S/c1-4-28-22-13-11-21(12-14-22)26(16-19-7-5-6-8-23(19)27)24(29)25-20-10-9-17(2)18(3)15-20/h5-15,27H,4,16H2,1-3H3,(H,25,29). The Morgan fingerprint density at radius 2 is 1.72 bits per heavy atom. The van der Waals surface area contributed by atoms with Crippen LogP contribution in [-0.2, 0) is 6.54 Å². The summed E-state index contributed by atoms with van der Waals surface area (Å²) in [6.45, 7) is 7.18. The number of para-hydroxylation sites is 1. The largest absolute Gasteiger partial charge is 0.508 e. The van der Waals surface area contributed by atoms with Gasteiger partial charge in [-0.1, -0.05) is 24.3 Å². The first kappa shape index (κ1) is 20.7. The van der Waals surface area contributed by atoms with E-state index in [9.17, 15) is 5.11 Å². The number of rotatable bonds is 6. The number of hydrogen-bond acceptors (Lipinski definition) is 3. The molecule has 0 saturated carbocycles. The van der Waals surface area contributed by atoms with E-state index in [1.165, 1.54) is 11.1 Å². The molecule has 0 aliphatic heterocycles. The summed E-state index contributed by atoms with van der Waals surface area (Å²) >= 11 is 5.74. The summed E-state index contributed by atoms with van der Waals surface area (Å²) in [6.07, 6.45) is 0. The van der Waals surface area contributed by atoms with Crippen molar-refractivity contribution >= 4 is 28.7 Å². The van der Waals surface area contributed by atoms with E-state index in [1.54, 1.807) is 6.07 Å². The first-order valence-electron chi connectivity index (χ1n) is 9.63. The monoisotopic (exact) mass is 406 g/mol. The van der Waals surface area contributed by atoms with E-state index >= 15 is 0 Å².